The Hall–Kier alpha value is -3.62. The zero-order valence-corrected chi connectivity index (χ0v) is 17.0. The van der Waals surface area contributed by atoms with Crippen LogP contribution < -0.4 is 0 Å². The van der Waals surface area contributed by atoms with Crippen LogP contribution in [0, 0.1) is 0 Å². The Morgan fingerprint density at radius 1 is 0.467 bits per heavy atom. The van der Waals surface area contributed by atoms with Gasteiger partial charge in [-0.05, 0) is 22.9 Å². The first-order valence-corrected chi connectivity index (χ1v) is 11.0. The highest BCUT2D eigenvalue weighted by Crippen LogP contribution is 2.45. The van der Waals surface area contributed by atoms with E-state index in [2.05, 4.69) is 108 Å². The lowest BCUT2D eigenvalue weighted by Crippen LogP contribution is -1.95. The Morgan fingerprint density at radius 3 is 2.00 bits per heavy atom. The third-order valence-electron chi connectivity index (χ3n) is 6.17. The SMILES string of the molecule is c1ccc2c(-n3c4c5ccccc5ccc4c4sc5ccccc5c43)cccc2c1. The number of fused-ring (bicyclic) bond motifs is 8. The highest BCUT2D eigenvalue weighted by molar-refractivity contribution is 7.26. The molecular weight excluding hydrogens is 382 g/mol. The minimum Gasteiger partial charge on any atom is -0.306 e. The zero-order chi connectivity index (χ0) is 19.7. The average Bonchev–Trinajstić information content (AvgIpc) is 3.33. The van der Waals surface area contributed by atoms with E-state index in [1.165, 1.54) is 58.4 Å². The molecule has 140 valence electrons. The number of thiophene rings is 1. The molecule has 2 aromatic heterocycles. The Bertz CT molecular complexity index is 1740. The summed E-state index contributed by atoms with van der Waals surface area (Å²) < 4.78 is 5.21. The first-order valence-electron chi connectivity index (χ1n) is 10.2. The summed E-state index contributed by atoms with van der Waals surface area (Å²) in [6, 6.07) is 37.4. The summed E-state index contributed by atoms with van der Waals surface area (Å²) >= 11 is 1.90. The summed E-state index contributed by atoms with van der Waals surface area (Å²) in [6.45, 7) is 0. The average molecular weight is 400 g/mol. The molecule has 0 aliphatic carbocycles. The second-order valence-electron chi connectivity index (χ2n) is 7.79. The van der Waals surface area contributed by atoms with Crippen LogP contribution in [-0.2, 0) is 0 Å². The summed E-state index contributed by atoms with van der Waals surface area (Å²) in [7, 11) is 0. The largest absolute Gasteiger partial charge is 0.306 e. The van der Waals surface area contributed by atoms with Crippen LogP contribution in [0.2, 0.25) is 0 Å². The molecule has 2 heterocycles. The quantitative estimate of drug-likeness (QED) is 0.262. The van der Waals surface area contributed by atoms with Gasteiger partial charge in [-0.2, -0.15) is 0 Å². The number of nitrogens with zero attached hydrogens (tertiary/aromatic N) is 1. The highest BCUT2D eigenvalue weighted by Gasteiger charge is 2.20. The van der Waals surface area contributed by atoms with E-state index < -0.39 is 0 Å². The molecule has 0 fully saturated rings. The fourth-order valence-corrected chi connectivity index (χ4v) is 6.09. The van der Waals surface area contributed by atoms with Gasteiger partial charge < -0.3 is 4.57 Å². The molecule has 0 saturated heterocycles. The van der Waals surface area contributed by atoms with E-state index in [4.69, 9.17) is 0 Å². The molecule has 0 atom stereocenters. The number of benzene rings is 5. The summed E-state index contributed by atoms with van der Waals surface area (Å²) in [5.74, 6) is 0. The van der Waals surface area contributed by atoms with Crippen LogP contribution >= 0.6 is 11.3 Å². The summed E-state index contributed by atoms with van der Waals surface area (Å²) in [5, 5.41) is 7.78. The van der Waals surface area contributed by atoms with Crippen LogP contribution in [0.3, 0.4) is 0 Å². The molecule has 30 heavy (non-hydrogen) atoms. The van der Waals surface area contributed by atoms with Crippen LogP contribution in [0.15, 0.2) is 103 Å². The first kappa shape index (κ1) is 16.2. The molecular formula is C28H17NS. The maximum absolute atomic E-state index is 2.51. The minimum absolute atomic E-state index is 1.24. The molecule has 7 rings (SSSR count). The van der Waals surface area contributed by atoms with E-state index in [-0.39, 0.29) is 0 Å². The lowest BCUT2D eigenvalue weighted by atomic mass is 10.1. The van der Waals surface area contributed by atoms with Crippen molar-refractivity contribution in [3.05, 3.63) is 103 Å². The maximum atomic E-state index is 2.51. The molecule has 0 N–H and O–H groups in total. The van der Waals surface area contributed by atoms with Gasteiger partial charge in [0.15, 0.2) is 0 Å². The van der Waals surface area contributed by atoms with E-state index in [9.17, 15) is 0 Å². The predicted octanol–water partition coefficient (Wildman–Crippen LogP) is 8.30. The normalized spacial score (nSPS) is 12.0. The minimum atomic E-state index is 1.24. The van der Waals surface area contributed by atoms with E-state index in [0.717, 1.165) is 0 Å². The van der Waals surface area contributed by atoms with Gasteiger partial charge in [0.05, 0.1) is 21.4 Å². The first-order chi connectivity index (χ1) is 14.9. The fraction of sp³-hybridized carbons (Fsp3) is 0. The Morgan fingerprint density at radius 2 is 1.13 bits per heavy atom. The molecule has 0 saturated carbocycles. The fourth-order valence-electron chi connectivity index (χ4n) is 4.87. The van der Waals surface area contributed by atoms with Gasteiger partial charge in [0.1, 0.15) is 0 Å². The van der Waals surface area contributed by atoms with E-state index >= 15 is 0 Å². The molecule has 0 amide bonds. The van der Waals surface area contributed by atoms with Gasteiger partial charge in [-0.1, -0.05) is 91.0 Å². The smallest absolute Gasteiger partial charge is 0.0728 e. The molecule has 0 bridgehead atoms. The predicted molar refractivity (Wildman–Crippen MR) is 131 cm³/mol. The number of hydrogen-bond donors (Lipinski definition) is 0. The van der Waals surface area contributed by atoms with Gasteiger partial charge in [0, 0.05) is 26.2 Å². The maximum Gasteiger partial charge on any atom is 0.0728 e. The highest BCUT2D eigenvalue weighted by atomic mass is 32.1. The summed E-state index contributed by atoms with van der Waals surface area (Å²) in [5.41, 5.74) is 3.86. The van der Waals surface area contributed by atoms with E-state index in [1.807, 2.05) is 11.3 Å². The molecule has 0 aliphatic heterocycles. The number of aromatic nitrogens is 1. The monoisotopic (exact) mass is 399 g/mol. The van der Waals surface area contributed by atoms with Crippen molar-refractivity contribution in [2.24, 2.45) is 0 Å². The van der Waals surface area contributed by atoms with Gasteiger partial charge in [0.25, 0.3) is 0 Å². The molecule has 5 aromatic carbocycles. The van der Waals surface area contributed by atoms with Crippen LogP contribution in [-0.4, -0.2) is 4.57 Å². The Kier molecular flexibility index (Phi) is 3.21. The van der Waals surface area contributed by atoms with Crippen molar-refractivity contribution < 1.29 is 0 Å². The summed E-state index contributed by atoms with van der Waals surface area (Å²) in [4.78, 5) is 0. The standard InChI is InChI=1S/C28H17NS/c1-3-11-20-18(8-1)10-7-14-24(20)29-26-21-12-4-2-9-19(21)16-17-23(26)28-27(29)22-13-5-6-15-25(22)30-28/h1-17H. The molecule has 0 aliphatic rings. The van der Waals surface area contributed by atoms with Crippen molar-refractivity contribution >= 4 is 64.1 Å². The van der Waals surface area contributed by atoms with Crippen molar-refractivity contribution in [1.82, 2.24) is 4.57 Å². The molecule has 7 aromatic rings. The van der Waals surface area contributed by atoms with Crippen molar-refractivity contribution in [3.8, 4) is 5.69 Å². The van der Waals surface area contributed by atoms with Crippen LogP contribution in [0.4, 0.5) is 0 Å². The van der Waals surface area contributed by atoms with Crippen molar-refractivity contribution in [2.45, 2.75) is 0 Å². The lowest BCUT2D eigenvalue weighted by molar-refractivity contribution is 1.21. The Balaban J connectivity index is 1.81. The second-order valence-corrected chi connectivity index (χ2v) is 8.84. The topological polar surface area (TPSA) is 4.93 Å². The molecule has 0 unspecified atom stereocenters. The third kappa shape index (κ3) is 2.06. The van der Waals surface area contributed by atoms with E-state index in [1.54, 1.807) is 0 Å². The van der Waals surface area contributed by atoms with Gasteiger partial charge in [0.2, 0.25) is 0 Å². The van der Waals surface area contributed by atoms with Gasteiger partial charge in [-0.3, -0.25) is 0 Å². The molecule has 2 heteroatoms. The van der Waals surface area contributed by atoms with Crippen molar-refractivity contribution in [3.63, 3.8) is 0 Å². The summed E-state index contributed by atoms with van der Waals surface area (Å²) in [6.07, 6.45) is 0. The van der Waals surface area contributed by atoms with Crippen molar-refractivity contribution in [2.75, 3.05) is 0 Å². The Labute approximate surface area is 177 Å². The second kappa shape index (κ2) is 5.94. The third-order valence-corrected chi connectivity index (χ3v) is 7.36. The van der Waals surface area contributed by atoms with Crippen LogP contribution in [0.1, 0.15) is 0 Å². The van der Waals surface area contributed by atoms with Crippen LogP contribution in [0.25, 0.3) is 58.4 Å². The lowest BCUT2D eigenvalue weighted by Gasteiger charge is -2.13. The van der Waals surface area contributed by atoms with Gasteiger partial charge in [-0.25, -0.2) is 0 Å². The van der Waals surface area contributed by atoms with E-state index in [0.29, 0.717) is 0 Å². The van der Waals surface area contributed by atoms with Gasteiger partial charge in [-0.15, -0.1) is 11.3 Å². The number of rotatable bonds is 1. The van der Waals surface area contributed by atoms with Crippen molar-refractivity contribution in [1.29, 1.82) is 0 Å². The molecule has 0 spiro atoms. The van der Waals surface area contributed by atoms with Crippen LogP contribution in [0.5, 0.6) is 0 Å². The number of hydrogen-bond acceptors (Lipinski definition) is 1. The zero-order valence-electron chi connectivity index (χ0n) is 16.2. The van der Waals surface area contributed by atoms with Gasteiger partial charge >= 0.3 is 0 Å². The molecule has 0 radical (unpaired) electrons. The molecule has 1 nitrogen and oxygen atoms in total.